The van der Waals surface area contributed by atoms with Crippen LogP contribution < -0.4 is 0 Å². The highest BCUT2D eigenvalue weighted by Crippen LogP contribution is 1.84. The predicted molar refractivity (Wildman–Crippen MR) is 30.2 cm³/mol. The molecule has 0 aliphatic carbocycles. The lowest BCUT2D eigenvalue weighted by Gasteiger charge is -2.09. The van der Waals surface area contributed by atoms with Crippen LogP contribution in [-0.4, -0.2) is 24.0 Å². The summed E-state index contributed by atoms with van der Waals surface area (Å²) in [6.45, 7) is 3.27. The maximum Gasteiger partial charge on any atom is 0.250 e. The van der Waals surface area contributed by atoms with E-state index in [0.717, 1.165) is 0 Å². The molecule has 0 radical (unpaired) electrons. The molecule has 0 unspecified atom stereocenters. The Morgan fingerprint density at radius 1 is 1.78 bits per heavy atom. The smallest absolute Gasteiger partial charge is 0.250 e. The molecule has 0 heterocycles. The Labute approximate surface area is 53.3 Å². The van der Waals surface area contributed by atoms with Gasteiger partial charge in [0.2, 0.25) is 12.3 Å². The van der Waals surface area contributed by atoms with Gasteiger partial charge in [0, 0.05) is 6.92 Å². The highest BCUT2D eigenvalue weighted by molar-refractivity contribution is 5.82. The van der Waals surface area contributed by atoms with Crippen LogP contribution in [-0.2, 0) is 14.4 Å². The molecule has 52 valence electrons. The van der Waals surface area contributed by atoms with Crippen LogP contribution in [0.25, 0.3) is 0 Å². The molecule has 0 N–H and O–H groups in total. The van der Waals surface area contributed by atoms with Crippen LogP contribution in [0.4, 0.5) is 0 Å². The molecule has 9 heavy (non-hydrogen) atoms. The van der Waals surface area contributed by atoms with Crippen LogP contribution in [0.2, 0.25) is 0 Å². The van der Waals surface area contributed by atoms with Crippen LogP contribution in [0.1, 0.15) is 13.8 Å². The Balaban J connectivity index is 3.68. The fourth-order valence-electron chi connectivity index (χ4n) is 0.335. The minimum atomic E-state index is -0.410. The summed E-state index contributed by atoms with van der Waals surface area (Å²) in [6.07, 6.45) is 0.339. The van der Waals surface area contributed by atoms with Crippen molar-refractivity contribution < 1.29 is 14.4 Å². The van der Waals surface area contributed by atoms with Crippen molar-refractivity contribution in [2.24, 2.45) is 0 Å². The van der Waals surface area contributed by atoms with Gasteiger partial charge < -0.3 is 0 Å². The second kappa shape index (κ2) is 4.03. The van der Waals surface area contributed by atoms with Gasteiger partial charge in [-0.25, -0.2) is 0 Å². The Hall–Kier alpha value is -0.900. The normalized spacial score (nSPS) is 8.67. The van der Waals surface area contributed by atoms with Gasteiger partial charge in [-0.05, 0) is 6.92 Å². The summed E-state index contributed by atoms with van der Waals surface area (Å²) in [5.41, 5.74) is 0. The van der Waals surface area contributed by atoms with Gasteiger partial charge in [0.15, 0.2) is 0 Å². The first-order chi connectivity index (χ1) is 4.22. The fraction of sp³-hybridized carbons (Fsp3) is 0.600. The second-order valence-electron chi connectivity index (χ2n) is 1.37. The summed E-state index contributed by atoms with van der Waals surface area (Å²) in [4.78, 5) is 24.8. The van der Waals surface area contributed by atoms with E-state index in [0.29, 0.717) is 18.1 Å². The van der Waals surface area contributed by atoms with E-state index in [2.05, 4.69) is 4.84 Å². The lowest BCUT2D eigenvalue weighted by molar-refractivity contribution is -0.183. The molecule has 0 fully saturated rings. The number of rotatable bonds is 3. The minimum absolute atomic E-state index is 0.318. The van der Waals surface area contributed by atoms with Gasteiger partial charge in [0.25, 0.3) is 0 Å². The van der Waals surface area contributed by atoms with Crippen molar-refractivity contribution in [2.75, 3.05) is 6.61 Å². The lowest BCUT2D eigenvalue weighted by atomic mass is 10.7. The average molecular weight is 131 g/mol. The first-order valence-electron chi connectivity index (χ1n) is 2.60. The number of amides is 2. The standard InChI is InChI=1S/C5H9NO3/c1-3-9-6(4-7)5(2)8/h4H,3H2,1-2H3. The van der Waals surface area contributed by atoms with Crippen molar-refractivity contribution >= 4 is 12.3 Å². The lowest BCUT2D eigenvalue weighted by Crippen LogP contribution is -2.27. The van der Waals surface area contributed by atoms with E-state index >= 15 is 0 Å². The number of carbonyl (C=O) groups is 2. The molecule has 0 aromatic carbocycles. The van der Waals surface area contributed by atoms with Gasteiger partial charge in [-0.15, -0.1) is 0 Å². The van der Waals surface area contributed by atoms with E-state index in [1.54, 1.807) is 6.92 Å². The average Bonchev–Trinajstić information content (AvgIpc) is 1.82. The number of hydrogen-bond donors (Lipinski definition) is 0. The summed E-state index contributed by atoms with van der Waals surface area (Å²) in [5, 5.41) is 0.653. The maximum absolute atomic E-state index is 10.3. The maximum atomic E-state index is 10.3. The van der Waals surface area contributed by atoms with Crippen LogP contribution >= 0.6 is 0 Å². The molecule has 0 aliphatic heterocycles. The van der Waals surface area contributed by atoms with Gasteiger partial charge >= 0.3 is 0 Å². The monoisotopic (exact) mass is 131 g/mol. The van der Waals surface area contributed by atoms with Crippen LogP contribution in [0.3, 0.4) is 0 Å². The zero-order chi connectivity index (χ0) is 7.28. The largest absolute Gasteiger partial charge is 0.276 e. The third-order valence-corrected chi connectivity index (χ3v) is 0.674. The molecule has 0 atom stereocenters. The summed E-state index contributed by atoms with van der Waals surface area (Å²) < 4.78 is 0. The van der Waals surface area contributed by atoms with Crippen molar-refractivity contribution in [1.82, 2.24) is 5.06 Å². The molecule has 0 rings (SSSR count). The van der Waals surface area contributed by atoms with Gasteiger partial charge in [-0.1, -0.05) is 0 Å². The van der Waals surface area contributed by atoms with Crippen molar-refractivity contribution in [1.29, 1.82) is 0 Å². The molecular weight excluding hydrogens is 122 g/mol. The number of hydroxylamine groups is 2. The minimum Gasteiger partial charge on any atom is -0.276 e. The van der Waals surface area contributed by atoms with Gasteiger partial charge in [0.05, 0.1) is 6.61 Å². The molecule has 0 spiro atoms. The molecule has 0 aliphatic rings. The summed E-state index contributed by atoms with van der Waals surface area (Å²) in [5.74, 6) is -0.410. The Morgan fingerprint density at radius 2 is 2.33 bits per heavy atom. The number of carbonyl (C=O) groups excluding carboxylic acids is 2. The summed E-state index contributed by atoms with van der Waals surface area (Å²) in [7, 11) is 0. The summed E-state index contributed by atoms with van der Waals surface area (Å²) >= 11 is 0. The molecule has 2 amide bonds. The fourth-order valence-corrected chi connectivity index (χ4v) is 0.335. The van der Waals surface area contributed by atoms with E-state index < -0.39 is 5.91 Å². The van der Waals surface area contributed by atoms with Crippen LogP contribution in [0.5, 0.6) is 0 Å². The Morgan fingerprint density at radius 3 is 2.44 bits per heavy atom. The molecule has 0 aromatic heterocycles. The number of hydrogen-bond acceptors (Lipinski definition) is 3. The van der Waals surface area contributed by atoms with E-state index in [1.807, 2.05) is 0 Å². The second-order valence-corrected chi connectivity index (χ2v) is 1.37. The quantitative estimate of drug-likeness (QED) is 0.398. The van der Waals surface area contributed by atoms with Crippen molar-refractivity contribution in [3.05, 3.63) is 0 Å². The van der Waals surface area contributed by atoms with Crippen LogP contribution in [0.15, 0.2) is 0 Å². The van der Waals surface area contributed by atoms with Gasteiger partial charge in [0.1, 0.15) is 0 Å². The first kappa shape index (κ1) is 8.10. The van der Waals surface area contributed by atoms with Crippen molar-refractivity contribution in [2.45, 2.75) is 13.8 Å². The predicted octanol–water partition coefficient (Wildman–Crippen LogP) is -0.0572. The molecule has 0 bridgehead atoms. The number of nitrogens with zero attached hydrogens (tertiary/aromatic N) is 1. The van der Waals surface area contributed by atoms with Crippen molar-refractivity contribution in [3.8, 4) is 0 Å². The first-order valence-corrected chi connectivity index (χ1v) is 2.60. The van der Waals surface area contributed by atoms with Gasteiger partial charge in [-0.2, -0.15) is 5.06 Å². The Kier molecular flexibility index (Phi) is 3.62. The van der Waals surface area contributed by atoms with E-state index in [9.17, 15) is 9.59 Å². The number of imide groups is 1. The molecule has 4 nitrogen and oxygen atoms in total. The van der Waals surface area contributed by atoms with E-state index in [4.69, 9.17) is 0 Å². The van der Waals surface area contributed by atoms with Crippen molar-refractivity contribution in [3.63, 3.8) is 0 Å². The zero-order valence-electron chi connectivity index (χ0n) is 5.46. The third kappa shape index (κ3) is 2.81. The SMILES string of the molecule is CCON(C=O)C(C)=O. The topological polar surface area (TPSA) is 46.6 Å². The molecule has 4 heteroatoms. The van der Waals surface area contributed by atoms with Gasteiger partial charge in [-0.3, -0.25) is 14.4 Å². The highest BCUT2D eigenvalue weighted by atomic mass is 16.7. The molecule has 0 aromatic rings. The summed E-state index contributed by atoms with van der Waals surface area (Å²) in [6, 6.07) is 0. The van der Waals surface area contributed by atoms with Crippen LogP contribution in [0, 0.1) is 0 Å². The Bertz CT molecular complexity index is 113. The molecule has 0 saturated heterocycles. The van der Waals surface area contributed by atoms with E-state index in [-0.39, 0.29) is 0 Å². The molecule has 0 saturated carbocycles. The highest BCUT2D eigenvalue weighted by Gasteiger charge is 2.04. The van der Waals surface area contributed by atoms with E-state index in [1.165, 1.54) is 6.92 Å². The zero-order valence-corrected chi connectivity index (χ0v) is 5.46. The molecular formula is C5H9NO3. The third-order valence-electron chi connectivity index (χ3n) is 0.674.